The number of carbonyl (C=O) groups is 1. The highest BCUT2D eigenvalue weighted by atomic mass is 35.5. The van der Waals surface area contributed by atoms with Crippen LogP contribution in [-0.2, 0) is 4.79 Å². The fraction of sp³-hybridized carbons (Fsp3) is 0.600. The van der Waals surface area contributed by atoms with Crippen molar-refractivity contribution >= 4 is 35.3 Å². The molecule has 1 aliphatic heterocycles. The van der Waals surface area contributed by atoms with Gasteiger partial charge in [-0.15, -0.1) is 12.4 Å². The summed E-state index contributed by atoms with van der Waals surface area (Å²) in [6, 6.07) is 8.68. The molecule has 2 aliphatic rings. The highest BCUT2D eigenvalue weighted by Gasteiger charge is 2.23. The van der Waals surface area contributed by atoms with Crippen molar-refractivity contribution in [1.29, 1.82) is 0 Å². The molecule has 1 aromatic carbocycles. The fourth-order valence-corrected chi connectivity index (χ4v) is 4.36. The van der Waals surface area contributed by atoms with Crippen LogP contribution in [-0.4, -0.2) is 28.5 Å². The van der Waals surface area contributed by atoms with Crippen LogP contribution in [0.2, 0.25) is 0 Å². The Morgan fingerprint density at radius 3 is 2.65 bits per heavy atom. The van der Waals surface area contributed by atoms with Gasteiger partial charge in [0, 0.05) is 12.5 Å². The van der Waals surface area contributed by atoms with Gasteiger partial charge in [-0.1, -0.05) is 25.0 Å². The second-order valence-corrected chi connectivity index (χ2v) is 7.51. The van der Waals surface area contributed by atoms with E-state index in [2.05, 4.69) is 27.3 Å². The largest absolute Gasteiger partial charge is 0.317 e. The number of hydrogen-bond acceptors (Lipinski definition) is 3. The Balaban J connectivity index is 0.00000196. The van der Waals surface area contributed by atoms with Crippen molar-refractivity contribution in [1.82, 2.24) is 14.9 Å². The van der Waals surface area contributed by atoms with Crippen molar-refractivity contribution in [2.45, 2.75) is 57.4 Å². The monoisotopic (exact) mass is 376 g/mol. The Bertz CT molecular complexity index is 732. The van der Waals surface area contributed by atoms with Crippen molar-refractivity contribution in [3.05, 3.63) is 24.3 Å². The number of piperidine rings is 1. The number of imidazole rings is 1. The molecule has 0 unspecified atom stereocenters. The number of nitrogens with one attached hydrogen (secondary N) is 2. The molecule has 0 radical (unpaired) electrons. The first-order valence-corrected chi connectivity index (χ1v) is 9.79. The van der Waals surface area contributed by atoms with Crippen molar-refractivity contribution in [2.75, 3.05) is 18.4 Å². The molecule has 0 atom stereocenters. The van der Waals surface area contributed by atoms with E-state index in [1.165, 1.54) is 38.5 Å². The maximum Gasteiger partial charge on any atom is 0.226 e. The van der Waals surface area contributed by atoms with Gasteiger partial charge in [-0.05, 0) is 63.2 Å². The predicted octanol–water partition coefficient (Wildman–Crippen LogP) is 4.29. The van der Waals surface area contributed by atoms with E-state index >= 15 is 0 Å². The molecule has 0 bridgehead atoms. The van der Waals surface area contributed by atoms with Crippen LogP contribution in [0.3, 0.4) is 0 Å². The van der Waals surface area contributed by atoms with E-state index in [1.54, 1.807) is 0 Å². The standard InChI is InChI=1S/C20H28N4O.ClH/c25-19(10-9-15-11-13-21-14-12-15)23-20-22-17-7-3-4-8-18(17)24(20)16-5-1-2-6-16;/h3-4,7-8,15-16,21H,1-2,5-6,9-14H2,(H,22,23,25);1H. The molecule has 0 spiro atoms. The first kappa shape index (κ1) is 19.2. The van der Waals surface area contributed by atoms with Gasteiger partial charge in [0.15, 0.2) is 0 Å². The van der Waals surface area contributed by atoms with Crippen LogP contribution >= 0.6 is 12.4 Å². The molecule has 2 N–H and O–H groups in total. The summed E-state index contributed by atoms with van der Waals surface area (Å²) in [5, 5.41) is 6.50. The molecule has 1 saturated carbocycles. The molecule has 2 heterocycles. The lowest BCUT2D eigenvalue weighted by atomic mass is 9.93. The average molecular weight is 377 g/mol. The van der Waals surface area contributed by atoms with Gasteiger partial charge in [0.05, 0.1) is 11.0 Å². The third-order valence-corrected chi connectivity index (χ3v) is 5.78. The van der Waals surface area contributed by atoms with Crippen LogP contribution < -0.4 is 10.6 Å². The number of nitrogens with zero attached hydrogens (tertiary/aromatic N) is 2. The summed E-state index contributed by atoms with van der Waals surface area (Å²) in [5.41, 5.74) is 2.12. The highest BCUT2D eigenvalue weighted by Crippen LogP contribution is 2.35. The fourth-order valence-electron chi connectivity index (χ4n) is 4.36. The number of fused-ring (bicyclic) bond motifs is 1. The van der Waals surface area contributed by atoms with E-state index in [9.17, 15) is 4.79 Å². The third-order valence-electron chi connectivity index (χ3n) is 5.78. The number of amides is 1. The number of rotatable bonds is 5. The van der Waals surface area contributed by atoms with E-state index in [4.69, 9.17) is 4.98 Å². The van der Waals surface area contributed by atoms with E-state index in [0.717, 1.165) is 36.5 Å². The molecular formula is C20H29ClN4O. The molecule has 4 rings (SSSR count). The number of hydrogen-bond donors (Lipinski definition) is 2. The number of benzene rings is 1. The van der Waals surface area contributed by atoms with Gasteiger partial charge in [-0.2, -0.15) is 0 Å². The van der Waals surface area contributed by atoms with Crippen LogP contribution in [0, 0.1) is 5.92 Å². The zero-order chi connectivity index (χ0) is 17.1. The minimum Gasteiger partial charge on any atom is -0.317 e. The van der Waals surface area contributed by atoms with Crippen LogP contribution in [0.4, 0.5) is 5.95 Å². The Kier molecular flexibility index (Phi) is 6.54. The normalized spacial score (nSPS) is 18.8. The average Bonchev–Trinajstić information content (AvgIpc) is 3.27. The number of halogens is 1. The van der Waals surface area contributed by atoms with Gasteiger partial charge < -0.3 is 9.88 Å². The van der Waals surface area contributed by atoms with Gasteiger partial charge >= 0.3 is 0 Å². The van der Waals surface area contributed by atoms with Crippen LogP contribution in [0.15, 0.2) is 24.3 Å². The quantitative estimate of drug-likeness (QED) is 0.818. The summed E-state index contributed by atoms with van der Waals surface area (Å²) in [4.78, 5) is 17.2. The molecule has 6 heteroatoms. The first-order chi connectivity index (χ1) is 12.3. The maximum atomic E-state index is 12.5. The van der Waals surface area contributed by atoms with Crippen molar-refractivity contribution in [2.24, 2.45) is 5.92 Å². The van der Waals surface area contributed by atoms with E-state index < -0.39 is 0 Å². The minimum atomic E-state index is 0. The second-order valence-electron chi connectivity index (χ2n) is 7.51. The number of aromatic nitrogens is 2. The summed E-state index contributed by atoms with van der Waals surface area (Å²) in [6.45, 7) is 2.17. The molecule has 1 aromatic heterocycles. The summed E-state index contributed by atoms with van der Waals surface area (Å²) in [7, 11) is 0. The molecule has 2 aromatic rings. The van der Waals surface area contributed by atoms with Crippen LogP contribution in [0.5, 0.6) is 0 Å². The predicted molar refractivity (Wildman–Crippen MR) is 108 cm³/mol. The zero-order valence-corrected chi connectivity index (χ0v) is 16.1. The summed E-state index contributed by atoms with van der Waals surface area (Å²) in [5.74, 6) is 1.53. The molecule has 5 nitrogen and oxygen atoms in total. The molecule has 1 saturated heterocycles. The second kappa shape index (κ2) is 8.87. The van der Waals surface area contributed by atoms with Gasteiger partial charge in [-0.3, -0.25) is 10.1 Å². The molecule has 2 fully saturated rings. The Hall–Kier alpha value is -1.59. The Morgan fingerprint density at radius 2 is 1.88 bits per heavy atom. The van der Waals surface area contributed by atoms with Gasteiger partial charge in [-0.25, -0.2) is 4.98 Å². The lowest BCUT2D eigenvalue weighted by molar-refractivity contribution is -0.116. The lowest BCUT2D eigenvalue weighted by Gasteiger charge is -2.22. The molecular weight excluding hydrogens is 348 g/mol. The van der Waals surface area contributed by atoms with Gasteiger partial charge in [0.2, 0.25) is 11.9 Å². The number of anilines is 1. The number of carbonyl (C=O) groups excluding carboxylic acids is 1. The van der Waals surface area contributed by atoms with Crippen molar-refractivity contribution in [3.8, 4) is 0 Å². The molecule has 1 amide bonds. The third kappa shape index (κ3) is 4.21. The van der Waals surface area contributed by atoms with Crippen molar-refractivity contribution in [3.63, 3.8) is 0 Å². The minimum absolute atomic E-state index is 0. The van der Waals surface area contributed by atoms with Crippen molar-refractivity contribution < 1.29 is 4.79 Å². The summed E-state index contributed by atoms with van der Waals surface area (Å²) in [6.07, 6.45) is 8.84. The molecule has 142 valence electrons. The lowest BCUT2D eigenvalue weighted by Crippen LogP contribution is -2.28. The Labute approximate surface area is 161 Å². The SMILES string of the molecule is Cl.O=C(CCC1CCNCC1)Nc1nc2ccccc2n1C1CCCC1. The molecule has 26 heavy (non-hydrogen) atoms. The maximum absolute atomic E-state index is 12.5. The highest BCUT2D eigenvalue weighted by molar-refractivity contribution is 5.91. The Morgan fingerprint density at radius 1 is 1.15 bits per heavy atom. The molecule has 1 aliphatic carbocycles. The van der Waals surface area contributed by atoms with E-state index in [1.807, 2.05) is 12.1 Å². The van der Waals surface area contributed by atoms with E-state index in [-0.39, 0.29) is 18.3 Å². The summed E-state index contributed by atoms with van der Waals surface area (Å²) < 4.78 is 2.27. The number of para-hydroxylation sites is 2. The first-order valence-electron chi connectivity index (χ1n) is 9.79. The van der Waals surface area contributed by atoms with Crippen LogP contribution in [0.1, 0.15) is 57.4 Å². The van der Waals surface area contributed by atoms with E-state index in [0.29, 0.717) is 18.4 Å². The zero-order valence-electron chi connectivity index (χ0n) is 15.2. The van der Waals surface area contributed by atoms with Crippen LogP contribution in [0.25, 0.3) is 11.0 Å². The van der Waals surface area contributed by atoms with Gasteiger partial charge in [0.25, 0.3) is 0 Å². The topological polar surface area (TPSA) is 59.0 Å². The smallest absolute Gasteiger partial charge is 0.226 e. The van der Waals surface area contributed by atoms with Gasteiger partial charge in [0.1, 0.15) is 0 Å². The summed E-state index contributed by atoms with van der Waals surface area (Å²) >= 11 is 0.